The maximum absolute atomic E-state index is 11.4. The molecule has 35 heavy (non-hydrogen) atoms. The summed E-state index contributed by atoms with van der Waals surface area (Å²) in [6.45, 7) is 3.36. The van der Waals surface area contributed by atoms with E-state index in [4.69, 9.17) is 10.8 Å². The third-order valence-electron chi connectivity index (χ3n) is 5.66. The molecule has 0 unspecified atom stereocenters. The monoisotopic (exact) mass is 514 g/mol. The van der Waals surface area contributed by atoms with Crippen molar-refractivity contribution < 1.29 is 31.2 Å². The number of ketones is 1. The van der Waals surface area contributed by atoms with Gasteiger partial charge in [-0.15, -0.1) is 5.69 Å². The Morgan fingerprint density at radius 1 is 0.971 bits per heavy atom. The van der Waals surface area contributed by atoms with E-state index in [0.29, 0.717) is 22.7 Å². The van der Waals surface area contributed by atoms with Crippen molar-refractivity contribution in [3.8, 4) is 0 Å². The van der Waals surface area contributed by atoms with Gasteiger partial charge >= 0.3 is 22.5 Å². The van der Waals surface area contributed by atoms with Crippen molar-refractivity contribution >= 4 is 23.2 Å². The molecule has 6 nitrogen and oxygen atoms in total. The van der Waals surface area contributed by atoms with Crippen LogP contribution >= 0.6 is 0 Å². The Hall–Kier alpha value is -3.28. The molecular weight excluding hydrogens is 485 g/mol. The number of benzene rings is 3. The van der Waals surface area contributed by atoms with Gasteiger partial charge in [-0.25, -0.2) is 0 Å². The first-order chi connectivity index (χ1) is 16.5. The molecular formula is C28H30N3NiO3+. The van der Waals surface area contributed by atoms with Crippen LogP contribution in [0.25, 0.3) is 5.73 Å². The number of carboxylic acid groups (broad SMARTS) is 1. The summed E-state index contributed by atoms with van der Waals surface area (Å²) in [5, 5.41) is 8.77. The second kappa shape index (κ2) is 14.2. The van der Waals surface area contributed by atoms with Gasteiger partial charge in [0.25, 0.3) is 0 Å². The van der Waals surface area contributed by atoms with E-state index in [2.05, 4.69) is 22.0 Å². The third kappa shape index (κ3) is 8.46. The molecule has 0 amide bonds. The van der Waals surface area contributed by atoms with E-state index in [9.17, 15) is 9.59 Å². The first-order valence-electron chi connectivity index (χ1n) is 11.4. The predicted octanol–water partition coefficient (Wildman–Crippen LogP) is 5.53. The molecule has 1 aliphatic heterocycles. The second-order valence-electron chi connectivity index (χ2n) is 8.19. The number of hydrogen-bond acceptors (Lipinski definition) is 4. The number of hydrogen-bond donors (Lipinski definition) is 1. The average molecular weight is 515 g/mol. The molecule has 0 spiro atoms. The molecule has 1 heterocycles. The van der Waals surface area contributed by atoms with E-state index in [1.165, 1.54) is 5.56 Å². The summed E-state index contributed by atoms with van der Waals surface area (Å²) in [5.74, 6) is -0.681. The van der Waals surface area contributed by atoms with Gasteiger partial charge in [0.15, 0.2) is 0 Å². The number of nitrogens with zero attached hydrogens (tertiary/aromatic N) is 2. The van der Waals surface area contributed by atoms with Crippen molar-refractivity contribution in [2.75, 3.05) is 13.1 Å². The Morgan fingerprint density at radius 2 is 1.57 bits per heavy atom. The Labute approximate surface area is 216 Å². The van der Waals surface area contributed by atoms with E-state index in [0.717, 1.165) is 31.5 Å². The molecule has 3 aromatic rings. The second-order valence-corrected chi connectivity index (χ2v) is 8.19. The van der Waals surface area contributed by atoms with Crippen LogP contribution in [0.2, 0.25) is 0 Å². The average Bonchev–Trinajstić information content (AvgIpc) is 3.30. The summed E-state index contributed by atoms with van der Waals surface area (Å²) >= 11 is 0. The van der Waals surface area contributed by atoms with E-state index in [1.54, 1.807) is 25.1 Å². The van der Waals surface area contributed by atoms with Crippen LogP contribution in [0.15, 0.2) is 89.9 Å². The third-order valence-corrected chi connectivity index (χ3v) is 5.66. The number of carboxylic acids is 1. The fourth-order valence-corrected chi connectivity index (χ4v) is 4.06. The molecule has 0 bridgehead atoms. The minimum atomic E-state index is -0.990. The Morgan fingerprint density at radius 3 is 2.17 bits per heavy atom. The number of aliphatic imine (C=N–C) groups is 1. The van der Waals surface area contributed by atoms with E-state index in [1.807, 2.05) is 54.6 Å². The van der Waals surface area contributed by atoms with Crippen molar-refractivity contribution in [1.82, 2.24) is 4.90 Å². The first kappa shape index (κ1) is 28.0. The van der Waals surface area contributed by atoms with Gasteiger partial charge in [0.2, 0.25) is 0 Å². The summed E-state index contributed by atoms with van der Waals surface area (Å²) in [5.41, 5.74) is 11.5. The van der Waals surface area contributed by atoms with Crippen LogP contribution in [0.5, 0.6) is 0 Å². The fourth-order valence-electron chi connectivity index (χ4n) is 4.06. The Bertz CT molecular complexity index is 1120. The van der Waals surface area contributed by atoms with Gasteiger partial charge < -0.3 is 10.8 Å². The number of carbonyl (C=O) groups excluding carboxylic acids is 1. The van der Waals surface area contributed by atoms with Gasteiger partial charge in [0.1, 0.15) is 12.3 Å². The maximum Gasteiger partial charge on any atom is 2.00 e. The molecule has 4 rings (SSSR count). The molecule has 184 valence electrons. The number of likely N-dealkylation sites (tertiary alicyclic amines) is 1. The van der Waals surface area contributed by atoms with Gasteiger partial charge in [0, 0.05) is 12.1 Å². The van der Waals surface area contributed by atoms with Crippen LogP contribution in [-0.4, -0.2) is 46.6 Å². The summed E-state index contributed by atoms with van der Waals surface area (Å²) in [7, 11) is 0. The van der Waals surface area contributed by atoms with Gasteiger partial charge in [-0.05, 0) is 37.4 Å². The number of rotatable bonds is 7. The molecule has 2 N–H and O–H groups in total. The molecule has 7 heteroatoms. The largest absolute Gasteiger partial charge is 2.00 e. The molecule has 3 aromatic carbocycles. The molecule has 0 aromatic heterocycles. The van der Waals surface area contributed by atoms with Gasteiger partial charge in [0.05, 0.1) is 11.8 Å². The molecule has 0 saturated carbocycles. The van der Waals surface area contributed by atoms with Crippen molar-refractivity contribution in [1.29, 1.82) is 0 Å². The topological polar surface area (TPSA) is 93.8 Å². The van der Waals surface area contributed by atoms with E-state index < -0.39 is 5.97 Å². The molecule has 1 fully saturated rings. The zero-order valence-corrected chi connectivity index (χ0v) is 20.7. The fraction of sp³-hybridized carbons (Fsp3) is 0.250. The van der Waals surface area contributed by atoms with Gasteiger partial charge in [-0.2, -0.15) is 0 Å². The minimum Gasteiger partial charge on any atom is -0.698 e. The van der Waals surface area contributed by atoms with Crippen LogP contribution in [-0.2, 0) is 32.6 Å². The number of Topliss-reactive ketones (excluding diaryl/α,β-unsaturated/α-hetero) is 1. The summed E-state index contributed by atoms with van der Waals surface area (Å²) < 4.78 is 0. The maximum atomic E-state index is 11.4. The van der Waals surface area contributed by atoms with E-state index in [-0.39, 0.29) is 29.1 Å². The molecule has 0 aliphatic carbocycles. The SMILES string of the molecule is CC(=O)[C@H]1CCCN1Cc1ccccc1.[NH-]c1ccccc1C(=NCC(=O)O)c1ccccc1.[Ni+2]. The van der Waals surface area contributed by atoms with Crippen LogP contribution in [0.1, 0.15) is 36.5 Å². The predicted molar refractivity (Wildman–Crippen MR) is 136 cm³/mol. The summed E-state index contributed by atoms with van der Waals surface area (Å²) in [6.07, 6.45) is 2.18. The van der Waals surface area contributed by atoms with Crippen LogP contribution in [0.3, 0.4) is 0 Å². The van der Waals surface area contributed by atoms with Gasteiger partial charge in [-0.1, -0.05) is 84.9 Å². The first-order valence-corrected chi connectivity index (χ1v) is 11.4. The molecule has 1 aliphatic rings. The Balaban J connectivity index is 0.000000246. The van der Waals surface area contributed by atoms with Crippen molar-refractivity contribution in [2.24, 2.45) is 4.99 Å². The molecule has 0 radical (unpaired) electrons. The summed E-state index contributed by atoms with van der Waals surface area (Å²) in [6, 6.07) is 26.8. The van der Waals surface area contributed by atoms with Crippen molar-refractivity contribution in [3.05, 3.63) is 107 Å². The number of carbonyl (C=O) groups is 2. The quantitative estimate of drug-likeness (QED) is 0.331. The number of aliphatic carboxylic acids is 1. The van der Waals surface area contributed by atoms with Crippen LogP contribution in [0, 0.1) is 0 Å². The van der Waals surface area contributed by atoms with Crippen molar-refractivity contribution in [3.63, 3.8) is 0 Å². The minimum absolute atomic E-state index is 0. The zero-order chi connectivity index (χ0) is 24.3. The Kier molecular flexibility index (Phi) is 11.3. The van der Waals surface area contributed by atoms with E-state index >= 15 is 0 Å². The standard InChI is InChI=1S/C15H14N2O2.C13H17NO.Ni/c16-13-9-5-4-8-12(13)15(17-10-14(18)19)11-6-2-1-3-7-11;1-11(15)13-8-5-9-14(13)10-12-6-3-2-4-7-12;/h1-9H,10H2,(H3,16,17,18,19);2-4,6-7,13H,5,8-10H2,1H3;/q;;+2/p-1/t;13-;/m.1./s1. The molecule has 1 saturated heterocycles. The normalized spacial score (nSPS) is 15.5. The van der Waals surface area contributed by atoms with Crippen molar-refractivity contribution in [2.45, 2.75) is 32.4 Å². The van der Waals surface area contributed by atoms with Crippen LogP contribution < -0.4 is 0 Å². The van der Waals surface area contributed by atoms with Gasteiger partial charge in [-0.3, -0.25) is 19.5 Å². The molecule has 1 atom stereocenters. The zero-order valence-electron chi connectivity index (χ0n) is 19.7. The summed E-state index contributed by atoms with van der Waals surface area (Å²) in [4.78, 5) is 28.5. The van der Waals surface area contributed by atoms with Crippen LogP contribution in [0.4, 0.5) is 5.69 Å². The number of nitrogens with one attached hydrogen (secondary N) is 1. The smallest absolute Gasteiger partial charge is 0.698 e.